The highest BCUT2D eigenvalue weighted by Gasteiger charge is 2.27. The summed E-state index contributed by atoms with van der Waals surface area (Å²) in [5.74, 6) is 0.809. The van der Waals surface area contributed by atoms with Gasteiger partial charge >= 0.3 is 0 Å². The predicted molar refractivity (Wildman–Crippen MR) is 246 cm³/mol. The Hall–Kier alpha value is -8.02. The molecule has 272 valence electrons. The van der Waals surface area contributed by atoms with E-state index < -0.39 is 0 Å². The van der Waals surface area contributed by atoms with E-state index in [1.165, 1.54) is 75.9 Å². The number of hydrogen-bond acceptors (Lipinski definition) is 2. The molecule has 5 nitrogen and oxygen atoms in total. The van der Waals surface area contributed by atoms with Gasteiger partial charge in [0.05, 0.1) is 49.7 Å². The zero-order valence-corrected chi connectivity index (χ0v) is 31.6. The van der Waals surface area contributed by atoms with Crippen LogP contribution in [0.4, 0.5) is 0 Å². The Morgan fingerprint density at radius 1 is 0.339 bits per heavy atom. The molecule has 14 aromatic rings. The topological polar surface area (TPSA) is 40.0 Å². The van der Waals surface area contributed by atoms with E-state index in [4.69, 9.17) is 9.97 Å². The lowest BCUT2D eigenvalue weighted by Gasteiger charge is -2.14. The third-order valence-corrected chi connectivity index (χ3v) is 12.7. The zero-order chi connectivity index (χ0) is 38.3. The molecule has 0 radical (unpaired) electrons. The SMILES string of the molecule is c1ccc(-n2c3ccccc3c3ccc(-c4nc5ccccc5nc4-n4c5ccccc5c5c6c7ccc8ccccc8c7n7c8ccccc8c(cc54)c67)cc32)cc1. The largest absolute Gasteiger partial charge is 0.309 e. The molecule has 0 saturated heterocycles. The Kier molecular flexibility index (Phi) is 5.96. The molecule has 59 heavy (non-hydrogen) atoms. The fourth-order valence-corrected chi connectivity index (χ4v) is 10.3. The number of para-hydroxylation sites is 6. The van der Waals surface area contributed by atoms with E-state index in [0.29, 0.717) is 0 Å². The van der Waals surface area contributed by atoms with Crippen LogP contribution in [0.2, 0.25) is 0 Å². The second-order valence-corrected chi connectivity index (χ2v) is 15.7. The minimum absolute atomic E-state index is 0.809. The van der Waals surface area contributed by atoms with Crippen molar-refractivity contribution in [2.45, 2.75) is 0 Å². The number of nitrogens with zero attached hydrogens (tertiary/aromatic N) is 5. The summed E-state index contributed by atoms with van der Waals surface area (Å²) in [5.41, 5.74) is 12.9. The fraction of sp³-hybridized carbons (Fsp3) is 0. The van der Waals surface area contributed by atoms with Gasteiger partial charge in [0.2, 0.25) is 0 Å². The van der Waals surface area contributed by atoms with E-state index in [1.807, 2.05) is 6.07 Å². The third kappa shape index (κ3) is 4.03. The van der Waals surface area contributed by atoms with Crippen molar-refractivity contribution in [1.82, 2.24) is 23.5 Å². The molecule has 0 N–H and O–H groups in total. The van der Waals surface area contributed by atoms with E-state index >= 15 is 0 Å². The lowest BCUT2D eigenvalue weighted by Crippen LogP contribution is -2.04. The standard InChI is InChI=1S/C54H31N5/c1-2-15-34(16-3-1)57-44-23-11-6-18-36(44)38-28-27-33(30-47(38)57)51-54(56-43-22-10-9-21-42(43)55-51)58-46-25-13-8-20-39(46)49-48(58)31-41-37-19-7-12-24-45(37)59-52-35-17-5-4-14-32(35)26-29-40(52)50(49)53(41)59/h1-31H. The summed E-state index contributed by atoms with van der Waals surface area (Å²) in [4.78, 5) is 11.1. The summed E-state index contributed by atoms with van der Waals surface area (Å²) in [6.07, 6.45) is 0. The molecule has 0 atom stereocenters. The smallest absolute Gasteiger partial charge is 0.165 e. The fourth-order valence-electron chi connectivity index (χ4n) is 10.3. The van der Waals surface area contributed by atoms with Crippen molar-refractivity contribution in [1.29, 1.82) is 0 Å². The van der Waals surface area contributed by atoms with Gasteiger partial charge < -0.3 is 8.97 Å². The molecule has 5 heterocycles. The summed E-state index contributed by atoms with van der Waals surface area (Å²) in [6, 6.07) is 67.9. The Labute approximate surface area is 336 Å². The van der Waals surface area contributed by atoms with E-state index in [0.717, 1.165) is 50.3 Å². The van der Waals surface area contributed by atoms with Gasteiger partial charge in [0.1, 0.15) is 5.69 Å². The summed E-state index contributed by atoms with van der Waals surface area (Å²) >= 11 is 0. The number of fused-ring (bicyclic) bond motifs is 16. The quantitative estimate of drug-likeness (QED) is 0.180. The maximum Gasteiger partial charge on any atom is 0.165 e. The van der Waals surface area contributed by atoms with Gasteiger partial charge in [-0.2, -0.15) is 0 Å². The number of aromatic nitrogens is 5. The monoisotopic (exact) mass is 749 g/mol. The van der Waals surface area contributed by atoms with Crippen LogP contribution < -0.4 is 0 Å². The summed E-state index contributed by atoms with van der Waals surface area (Å²) in [6.45, 7) is 0. The van der Waals surface area contributed by atoms with Crippen molar-refractivity contribution in [2.24, 2.45) is 0 Å². The molecule has 0 bridgehead atoms. The molecule has 0 saturated carbocycles. The van der Waals surface area contributed by atoms with Crippen molar-refractivity contribution < 1.29 is 0 Å². The van der Waals surface area contributed by atoms with Crippen LogP contribution in [0.3, 0.4) is 0 Å². The van der Waals surface area contributed by atoms with Crippen LogP contribution in [0.5, 0.6) is 0 Å². The van der Waals surface area contributed by atoms with E-state index in [2.05, 4.69) is 196 Å². The van der Waals surface area contributed by atoms with Gasteiger partial charge in [-0.1, -0.05) is 133 Å². The molecular formula is C54H31N5. The first-order valence-corrected chi connectivity index (χ1v) is 20.2. The highest BCUT2D eigenvalue weighted by atomic mass is 15.1. The van der Waals surface area contributed by atoms with Crippen molar-refractivity contribution in [3.05, 3.63) is 188 Å². The Bertz CT molecular complexity index is 4070. The van der Waals surface area contributed by atoms with Crippen LogP contribution in [0, 0.1) is 0 Å². The summed E-state index contributed by atoms with van der Waals surface area (Å²) in [7, 11) is 0. The highest BCUT2D eigenvalue weighted by Crippen LogP contribution is 2.48. The van der Waals surface area contributed by atoms with E-state index in [1.54, 1.807) is 0 Å². The molecule has 0 amide bonds. The van der Waals surface area contributed by atoms with E-state index in [9.17, 15) is 0 Å². The molecule has 0 aliphatic rings. The normalized spacial score (nSPS) is 12.4. The van der Waals surface area contributed by atoms with Gasteiger partial charge in [-0.05, 0) is 60.0 Å². The lowest BCUT2D eigenvalue weighted by atomic mass is 10.00. The first-order chi connectivity index (χ1) is 29.3. The number of rotatable bonds is 3. The zero-order valence-electron chi connectivity index (χ0n) is 31.6. The minimum Gasteiger partial charge on any atom is -0.309 e. The molecule has 5 aromatic heterocycles. The molecule has 0 fully saturated rings. The maximum atomic E-state index is 5.57. The van der Waals surface area contributed by atoms with Crippen LogP contribution in [-0.2, 0) is 0 Å². The predicted octanol–water partition coefficient (Wildman–Crippen LogP) is 13.8. The summed E-state index contributed by atoms with van der Waals surface area (Å²) in [5, 5.41) is 12.3. The minimum atomic E-state index is 0.809. The Morgan fingerprint density at radius 2 is 0.949 bits per heavy atom. The lowest BCUT2D eigenvalue weighted by molar-refractivity contribution is 1.08. The average Bonchev–Trinajstić information content (AvgIpc) is 4.02. The second-order valence-electron chi connectivity index (χ2n) is 15.7. The molecule has 9 aromatic carbocycles. The second kappa shape index (κ2) is 11.3. The van der Waals surface area contributed by atoms with E-state index in [-0.39, 0.29) is 0 Å². The first kappa shape index (κ1) is 31.1. The van der Waals surface area contributed by atoms with Gasteiger partial charge in [0.25, 0.3) is 0 Å². The van der Waals surface area contributed by atoms with Crippen molar-refractivity contribution in [3.8, 4) is 22.8 Å². The average molecular weight is 750 g/mol. The van der Waals surface area contributed by atoms with Crippen LogP contribution in [0.25, 0.3) is 126 Å². The van der Waals surface area contributed by atoms with Gasteiger partial charge in [-0.25, -0.2) is 9.97 Å². The molecule has 14 rings (SSSR count). The molecular weight excluding hydrogens is 719 g/mol. The van der Waals surface area contributed by atoms with Gasteiger partial charge in [-0.3, -0.25) is 4.57 Å². The molecule has 0 aliphatic carbocycles. The maximum absolute atomic E-state index is 5.57. The van der Waals surface area contributed by atoms with Crippen LogP contribution >= 0.6 is 0 Å². The Balaban J connectivity index is 1.16. The molecule has 0 aliphatic heterocycles. The highest BCUT2D eigenvalue weighted by molar-refractivity contribution is 6.37. The first-order valence-electron chi connectivity index (χ1n) is 20.2. The van der Waals surface area contributed by atoms with Crippen LogP contribution in [0.15, 0.2) is 188 Å². The number of benzene rings is 9. The van der Waals surface area contributed by atoms with Gasteiger partial charge in [0, 0.05) is 59.7 Å². The summed E-state index contributed by atoms with van der Waals surface area (Å²) < 4.78 is 7.28. The molecule has 0 unspecified atom stereocenters. The van der Waals surface area contributed by atoms with Crippen LogP contribution in [0.1, 0.15) is 0 Å². The molecule has 0 spiro atoms. The Morgan fingerprint density at radius 3 is 1.76 bits per heavy atom. The molecule has 5 heteroatoms. The van der Waals surface area contributed by atoms with Gasteiger partial charge in [0.15, 0.2) is 5.82 Å². The van der Waals surface area contributed by atoms with Crippen molar-refractivity contribution in [3.63, 3.8) is 0 Å². The van der Waals surface area contributed by atoms with Gasteiger partial charge in [-0.15, -0.1) is 0 Å². The van der Waals surface area contributed by atoms with Crippen LogP contribution in [-0.4, -0.2) is 23.5 Å². The third-order valence-electron chi connectivity index (χ3n) is 12.7. The van der Waals surface area contributed by atoms with Crippen molar-refractivity contribution in [2.75, 3.05) is 0 Å². The number of hydrogen-bond donors (Lipinski definition) is 0. The van der Waals surface area contributed by atoms with Crippen molar-refractivity contribution >= 4 is 104 Å².